The van der Waals surface area contributed by atoms with Crippen molar-refractivity contribution in [1.29, 1.82) is 0 Å². The third-order valence-electron chi connectivity index (χ3n) is 5.95. The highest BCUT2D eigenvalue weighted by molar-refractivity contribution is 6.33. The Morgan fingerprint density at radius 2 is 1.81 bits per heavy atom. The minimum Gasteiger partial charge on any atom is -0.369 e. The Labute approximate surface area is 182 Å². The van der Waals surface area contributed by atoms with Crippen LogP contribution in [-0.2, 0) is 0 Å². The summed E-state index contributed by atoms with van der Waals surface area (Å²) >= 11 is 6.42. The van der Waals surface area contributed by atoms with E-state index < -0.39 is 10.5 Å². The molecule has 2 fully saturated rings. The summed E-state index contributed by atoms with van der Waals surface area (Å²) in [5.74, 6) is 1.39. The predicted octanol–water partition coefficient (Wildman–Crippen LogP) is 3.10. The third kappa shape index (κ3) is 3.67. The molecule has 1 aliphatic heterocycles. The maximum absolute atomic E-state index is 12.8. The molecule has 1 saturated carbocycles. The molecule has 0 amide bonds. The quantitative estimate of drug-likeness (QED) is 0.441. The number of anilines is 1. The molecule has 0 N–H and O–H groups in total. The van der Waals surface area contributed by atoms with Crippen LogP contribution in [0, 0.1) is 10.1 Å². The minimum atomic E-state index is -0.493. The highest BCUT2D eigenvalue weighted by Crippen LogP contribution is 2.39. The first kappa shape index (κ1) is 19.7. The fraction of sp³-hybridized carbons (Fsp3) is 0.400. The Morgan fingerprint density at radius 1 is 1.10 bits per heavy atom. The average molecular weight is 442 g/mol. The van der Waals surface area contributed by atoms with Gasteiger partial charge in [-0.05, 0) is 37.8 Å². The van der Waals surface area contributed by atoms with Gasteiger partial charge in [0.2, 0.25) is 0 Å². The molecule has 0 radical (unpaired) electrons. The Balaban J connectivity index is 1.33. The number of piperidine rings is 1. The zero-order valence-electron chi connectivity index (χ0n) is 16.6. The minimum absolute atomic E-state index is 0.0556. The van der Waals surface area contributed by atoms with Gasteiger partial charge in [-0.15, -0.1) is 10.2 Å². The zero-order valence-corrected chi connectivity index (χ0v) is 17.4. The number of nitro benzene ring substituents is 1. The van der Waals surface area contributed by atoms with Gasteiger partial charge in [0, 0.05) is 37.2 Å². The maximum atomic E-state index is 12.8. The second kappa shape index (κ2) is 7.77. The largest absolute Gasteiger partial charge is 0.369 e. The Morgan fingerprint density at radius 3 is 2.45 bits per heavy atom. The van der Waals surface area contributed by atoms with Crippen molar-refractivity contribution in [3.63, 3.8) is 0 Å². The maximum Gasteiger partial charge on any atom is 0.292 e. The van der Waals surface area contributed by atoms with Gasteiger partial charge in [0.15, 0.2) is 0 Å². The summed E-state index contributed by atoms with van der Waals surface area (Å²) in [4.78, 5) is 25.2. The molecule has 0 bridgehead atoms. The highest BCUT2D eigenvalue weighted by Gasteiger charge is 2.31. The number of halogens is 1. The zero-order chi connectivity index (χ0) is 21.5. The van der Waals surface area contributed by atoms with Crippen molar-refractivity contribution < 1.29 is 4.92 Å². The fourth-order valence-corrected chi connectivity index (χ4v) is 4.35. The first-order valence-corrected chi connectivity index (χ1v) is 10.6. The number of aromatic nitrogens is 5. The molecule has 1 saturated heterocycles. The summed E-state index contributed by atoms with van der Waals surface area (Å²) in [6.45, 7) is 1.48. The van der Waals surface area contributed by atoms with E-state index in [2.05, 4.69) is 24.8 Å². The second-order valence-electron chi connectivity index (χ2n) is 7.92. The number of hydrogen-bond donors (Lipinski definition) is 0. The van der Waals surface area contributed by atoms with E-state index in [0.29, 0.717) is 23.3 Å². The molecule has 1 aliphatic carbocycles. The van der Waals surface area contributed by atoms with Crippen LogP contribution >= 0.6 is 11.6 Å². The predicted molar refractivity (Wildman–Crippen MR) is 114 cm³/mol. The van der Waals surface area contributed by atoms with E-state index in [0.717, 1.165) is 36.4 Å². The Hall–Kier alpha value is -3.27. The number of nitro groups is 1. The van der Waals surface area contributed by atoms with Crippen LogP contribution < -0.4 is 10.5 Å². The fourth-order valence-electron chi connectivity index (χ4n) is 4.10. The van der Waals surface area contributed by atoms with Crippen molar-refractivity contribution in [2.24, 2.45) is 0 Å². The van der Waals surface area contributed by atoms with Gasteiger partial charge < -0.3 is 9.47 Å². The highest BCUT2D eigenvalue weighted by atomic mass is 35.5. The van der Waals surface area contributed by atoms with E-state index in [1.807, 2.05) is 6.33 Å². The second-order valence-corrected chi connectivity index (χ2v) is 8.30. The molecule has 31 heavy (non-hydrogen) atoms. The van der Waals surface area contributed by atoms with Crippen LogP contribution in [0.3, 0.4) is 0 Å². The Kier molecular flexibility index (Phi) is 4.93. The van der Waals surface area contributed by atoms with Crippen LogP contribution in [0.2, 0.25) is 5.02 Å². The van der Waals surface area contributed by atoms with Crippen LogP contribution in [0.1, 0.15) is 43.5 Å². The lowest BCUT2D eigenvalue weighted by molar-refractivity contribution is -0.384. The number of benzene rings is 1. The first-order valence-electron chi connectivity index (χ1n) is 10.2. The first-order chi connectivity index (χ1) is 15.0. The van der Waals surface area contributed by atoms with Crippen molar-refractivity contribution >= 4 is 23.0 Å². The van der Waals surface area contributed by atoms with Crippen LogP contribution in [0.15, 0.2) is 41.6 Å². The van der Waals surface area contributed by atoms with Crippen molar-refractivity contribution in [3.05, 3.63) is 68.1 Å². The van der Waals surface area contributed by atoms with E-state index >= 15 is 0 Å². The number of nitrogens with zero attached hydrogens (tertiary/aromatic N) is 7. The topological polar surface area (TPSA) is 112 Å². The molecule has 5 rings (SSSR count). The lowest BCUT2D eigenvalue weighted by Gasteiger charge is -2.33. The van der Waals surface area contributed by atoms with Crippen LogP contribution in [0.4, 0.5) is 11.4 Å². The van der Waals surface area contributed by atoms with Gasteiger partial charge in [0.05, 0.1) is 22.5 Å². The van der Waals surface area contributed by atoms with Crippen molar-refractivity contribution in [1.82, 2.24) is 24.5 Å². The molecule has 11 heteroatoms. The summed E-state index contributed by atoms with van der Waals surface area (Å²) in [6, 6.07) is 6.16. The molecule has 1 aromatic carbocycles. The van der Waals surface area contributed by atoms with Gasteiger partial charge in [-0.2, -0.15) is 9.78 Å². The number of rotatable bonds is 5. The standard InChI is InChI=1S/C20H20ClN7O3/c21-18-17(11-23-27(20(18)29)15-3-5-16(6-4-15)28(30)31)25-9-7-13(8-10-25)19-24-22-12-26(19)14-1-2-14/h3-6,11-14H,1-2,7-10H2. The van der Waals surface area contributed by atoms with Gasteiger partial charge in [0.25, 0.3) is 11.2 Å². The molecular formula is C20H20ClN7O3. The molecule has 2 aliphatic rings. The van der Waals surface area contributed by atoms with E-state index in [4.69, 9.17) is 11.6 Å². The molecule has 0 atom stereocenters. The van der Waals surface area contributed by atoms with Crippen LogP contribution in [0.25, 0.3) is 5.69 Å². The van der Waals surface area contributed by atoms with E-state index in [1.54, 1.807) is 6.20 Å². The van der Waals surface area contributed by atoms with Gasteiger partial charge in [-0.3, -0.25) is 14.9 Å². The van der Waals surface area contributed by atoms with Crippen LogP contribution in [0.5, 0.6) is 0 Å². The smallest absolute Gasteiger partial charge is 0.292 e. The molecule has 3 aromatic rings. The molecule has 10 nitrogen and oxygen atoms in total. The lowest BCUT2D eigenvalue weighted by atomic mass is 9.95. The molecule has 0 unspecified atom stereocenters. The summed E-state index contributed by atoms with van der Waals surface area (Å²) in [7, 11) is 0. The van der Waals surface area contributed by atoms with Gasteiger partial charge >= 0.3 is 0 Å². The third-order valence-corrected chi connectivity index (χ3v) is 6.30. The van der Waals surface area contributed by atoms with Crippen molar-refractivity contribution in [2.45, 2.75) is 37.6 Å². The van der Waals surface area contributed by atoms with E-state index in [1.165, 1.54) is 37.1 Å². The number of non-ortho nitro benzene ring substituents is 1. The summed E-state index contributed by atoms with van der Waals surface area (Å²) in [5, 5.41) is 23.6. The van der Waals surface area contributed by atoms with Gasteiger partial charge in [-0.25, -0.2) is 0 Å². The molecule has 3 heterocycles. The van der Waals surface area contributed by atoms with Crippen molar-refractivity contribution in [2.75, 3.05) is 18.0 Å². The molecular weight excluding hydrogens is 422 g/mol. The molecule has 0 spiro atoms. The molecule has 160 valence electrons. The normalized spacial score (nSPS) is 17.1. The van der Waals surface area contributed by atoms with Gasteiger partial charge in [-0.1, -0.05) is 11.6 Å². The summed E-state index contributed by atoms with van der Waals surface area (Å²) < 4.78 is 3.36. The van der Waals surface area contributed by atoms with E-state index in [9.17, 15) is 14.9 Å². The van der Waals surface area contributed by atoms with Crippen molar-refractivity contribution in [3.8, 4) is 5.69 Å². The number of hydrogen-bond acceptors (Lipinski definition) is 7. The lowest BCUT2D eigenvalue weighted by Crippen LogP contribution is -2.35. The SMILES string of the molecule is O=c1c(Cl)c(N2CCC(c3nncn3C3CC3)CC2)cnn1-c1ccc([N+](=O)[O-])cc1. The Bertz CT molecular complexity index is 1180. The van der Waals surface area contributed by atoms with E-state index in [-0.39, 0.29) is 10.7 Å². The monoisotopic (exact) mass is 441 g/mol. The molecule has 2 aromatic heterocycles. The average Bonchev–Trinajstić information content (AvgIpc) is 3.52. The van der Waals surface area contributed by atoms with Crippen LogP contribution in [-0.4, -0.2) is 42.6 Å². The summed E-state index contributed by atoms with van der Waals surface area (Å²) in [6.07, 6.45) is 7.59. The van der Waals surface area contributed by atoms with Gasteiger partial charge in [0.1, 0.15) is 17.2 Å². The summed E-state index contributed by atoms with van der Waals surface area (Å²) in [5.41, 5.74) is 0.512.